The van der Waals surface area contributed by atoms with Crippen LogP contribution in [0.25, 0.3) is 0 Å². The van der Waals surface area contributed by atoms with Crippen molar-refractivity contribution in [3.8, 4) is 0 Å². The van der Waals surface area contributed by atoms with Crippen molar-refractivity contribution in [3.05, 3.63) is 33.8 Å². The van der Waals surface area contributed by atoms with Crippen molar-refractivity contribution in [1.29, 1.82) is 0 Å². The zero-order valence-corrected chi connectivity index (χ0v) is 13.5. The largest absolute Gasteiger partial charge is 0.299 e. The van der Waals surface area contributed by atoms with E-state index in [-0.39, 0.29) is 0 Å². The number of hydrogen-bond donors (Lipinski definition) is 0. The van der Waals surface area contributed by atoms with E-state index in [0.29, 0.717) is 0 Å². The second-order valence-electron chi connectivity index (χ2n) is 6.60. The van der Waals surface area contributed by atoms with Crippen molar-refractivity contribution < 1.29 is 0 Å². The van der Waals surface area contributed by atoms with Gasteiger partial charge in [-0.15, -0.1) is 0 Å². The highest BCUT2D eigenvalue weighted by Gasteiger charge is 2.22. The Morgan fingerprint density at radius 1 is 1.16 bits per heavy atom. The fourth-order valence-electron chi connectivity index (χ4n) is 3.27. The van der Waals surface area contributed by atoms with E-state index in [0.717, 1.165) is 18.4 Å². The lowest BCUT2D eigenvalue weighted by atomic mass is 9.99. The molecule has 0 radical (unpaired) electrons. The summed E-state index contributed by atoms with van der Waals surface area (Å²) in [5, 5.41) is 0. The van der Waals surface area contributed by atoms with Crippen LogP contribution in [0.15, 0.2) is 22.7 Å². The standard InChI is InChI=1S/C17H24BrN/c1-13-3-2-6-19(11-13)12-16-8-15(7-14-4-5-14)9-17(18)10-16/h8-10,13-14H,2-7,11-12H2,1H3/t13-/m0/s1. The van der Waals surface area contributed by atoms with Gasteiger partial charge < -0.3 is 0 Å². The maximum absolute atomic E-state index is 3.68. The number of nitrogens with zero attached hydrogens (tertiary/aromatic N) is 1. The first kappa shape index (κ1) is 13.6. The summed E-state index contributed by atoms with van der Waals surface area (Å²) in [7, 11) is 0. The summed E-state index contributed by atoms with van der Waals surface area (Å²) < 4.78 is 1.26. The molecular weight excluding hydrogens is 298 g/mol. The van der Waals surface area contributed by atoms with Crippen molar-refractivity contribution in [2.75, 3.05) is 13.1 Å². The smallest absolute Gasteiger partial charge is 0.0234 e. The minimum absolute atomic E-state index is 0.867. The van der Waals surface area contributed by atoms with Crippen LogP contribution in [-0.4, -0.2) is 18.0 Å². The van der Waals surface area contributed by atoms with Crippen LogP contribution < -0.4 is 0 Å². The number of rotatable bonds is 4. The molecule has 104 valence electrons. The summed E-state index contributed by atoms with van der Waals surface area (Å²) in [6.07, 6.45) is 6.92. The molecular formula is C17H24BrN. The Bertz CT molecular complexity index is 439. The molecule has 2 heteroatoms. The summed E-state index contributed by atoms with van der Waals surface area (Å²) in [6, 6.07) is 7.04. The van der Waals surface area contributed by atoms with Gasteiger partial charge in [-0.25, -0.2) is 0 Å². The second-order valence-corrected chi connectivity index (χ2v) is 7.51. The molecule has 2 fully saturated rings. The molecule has 0 spiro atoms. The van der Waals surface area contributed by atoms with Crippen LogP contribution >= 0.6 is 15.9 Å². The summed E-state index contributed by atoms with van der Waals surface area (Å²) in [5.41, 5.74) is 3.01. The molecule has 1 aromatic rings. The number of likely N-dealkylation sites (tertiary alicyclic amines) is 1. The van der Waals surface area contributed by atoms with E-state index in [1.165, 1.54) is 60.8 Å². The van der Waals surface area contributed by atoms with Crippen LogP contribution in [0, 0.1) is 11.8 Å². The third-order valence-corrected chi connectivity index (χ3v) is 4.84. The SMILES string of the molecule is C[C@H]1CCCN(Cc2cc(Br)cc(CC3CC3)c2)C1. The van der Waals surface area contributed by atoms with Crippen LogP contribution in [0.3, 0.4) is 0 Å². The van der Waals surface area contributed by atoms with E-state index in [1.807, 2.05) is 0 Å². The monoisotopic (exact) mass is 321 g/mol. The third-order valence-electron chi connectivity index (χ3n) is 4.39. The van der Waals surface area contributed by atoms with Gasteiger partial charge in [0.1, 0.15) is 0 Å². The number of benzene rings is 1. The molecule has 1 nitrogen and oxygen atoms in total. The lowest BCUT2D eigenvalue weighted by molar-refractivity contribution is 0.176. The molecule has 3 rings (SSSR count). The van der Waals surface area contributed by atoms with Gasteiger partial charge in [0.05, 0.1) is 0 Å². The predicted molar refractivity (Wildman–Crippen MR) is 84.2 cm³/mol. The van der Waals surface area contributed by atoms with E-state index in [2.05, 4.69) is 46.0 Å². The fourth-order valence-corrected chi connectivity index (χ4v) is 3.86. The number of halogens is 1. The van der Waals surface area contributed by atoms with Crippen LogP contribution in [0.1, 0.15) is 43.7 Å². The summed E-state index contributed by atoms with van der Waals surface area (Å²) >= 11 is 3.68. The molecule has 1 saturated carbocycles. The highest BCUT2D eigenvalue weighted by atomic mass is 79.9. The Hall–Kier alpha value is -0.340. The van der Waals surface area contributed by atoms with E-state index in [1.54, 1.807) is 0 Å². The molecule has 0 bridgehead atoms. The van der Waals surface area contributed by atoms with Crippen molar-refractivity contribution in [3.63, 3.8) is 0 Å². The Morgan fingerprint density at radius 2 is 1.95 bits per heavy atom. The number of hydrogen-bond acceptors (Lipinski definition) is 1. The molecule has 19 heavy (non-hydrogen) atoms. The van der Waals surface area contributed by atoms with Gasteiger partial charge in [-0.1, -0.05) is 28.9 Å². The molecule has 1 aliphatic heterocycles. The molecule has 0 amide bonds. The molecule has 1 aromatic carbocycles. The van der Waals surface area contributed by atoms with Gasteiger partial charge in [-0.05, 0) is 73.7 Å². The Balaban J connectivity index is 1.66. The van der Waals surface area contributed by atoms with Crippen LogP contribution in [0.2, 0.25) is 0 Å². The van der Waals surface area contributed by atoms with Crippen LogP contribution in [0.4, 0.5) is 0 Å². The quantitative estimate of drug-likeness (QED) is 0.781. The fraction of sp³-hybridized carbons (Fsp3) is 0.647. The summed E-state index contributed by atoms with van der Waals surface area (Å²) in [4.78, 5) is 2.62. The Labute approximate surface area is 125 Å². The van der Waals surface area contributed by atoms with Gasteiger partial charge in [0.2, 0.25) is 0 Å². The van der Waals surface area contributed by atoms with Crippen molar-refractivity contribution in [1.82, 2.24) is 4.90 Å². The lowest BCUT2D eigenvalue weighted by Gasteiger charge is -2.31. The zero-order valence-electron chi connectivity index (χ0n) is 11.9. The van der Waals surface area contributed by atoms with Gasteiger partial charge in [0.25, 0.3) is 0 Å². The van der Waals surface area contributed by atoms with Gasteiger partial charge in [-0.2, -0.15) is 0 Å². The molecule has 0 aromatic heterocycles. The Morgan fingerprint density at radius 3 is 2.68 bits per heavy atom. The second kappa shape index (κ2) is 5.97. The lowest BCUT2D eigenvalue weighted by Crippen LogP contribution is -2.33. The highest BCUT2D eigenvalue weighted by Crippen LogP contribution is 2.33. The zero-order chi connectivity index (χ0) is 13.2. The molecule has 0 unspecified atom stereocenters. The number of piperidine rings is 1. The summed E-state index contributed by atoms with van der Waals surface area (Å²) in [6.45, 7) is 6.05. The van der Waals surface area contributed by atoms with E-state index in [4.69, 9.17) is 0 Å². The van der Waals surface area contributed by atoms with Crippen LogP contribution in [0.5, 0.6) is 0 Å². The maximum atomic E-state index is 3.68. The van der Waals surface area contributed by atoms with Crippen molar-refractivity contribution in [2.24, 2.45) is 11.8 Å². The molecule has 1 saturated heterocycles. The van der Waals surface area contributed by atoms with Crippen molar-refractivity contribution >= 4 is 15.9 Å². The van der Waals surface area contributed by atoms with Gasteiger partial charge in [0.15, 0.2) is 0 Å². The topological polar surface area (TPSA) is 3.24 Å². The molecule has 2 aliphatic rings. The van der Waals surface area contributed by atoms with Gasteiger partial charge in [-0.3, -0.25) is 4.90 Å². The molecule has 0 N–H and O–H groups in total. The van der Waals surface area contributed by atoms with Gasteiger partial charge >= 0.3 is 0 Å². The Kier molecular flexibility index (Phi) is 4.28. The molecule has 1 atom stereocenters. The average Bonchev–Trinajstić information content (AvgIpc) is 3.12. The van der Waals surface area contributed by atoms with E-state index >= 15 is 0 Å². The minimum atomic E-state index is 0.867. The average molecular weight is 322 g/mol. The molecule has 1 heterocycles. The maximum Gasteiger partial charge on any atom is 0.0234 e. The summed E-state index contributed by atoms with van der Waals surface area (Å²) in [5.74, 6) is 1.84. The van der Waals surface area contributed by atoms with Crippen molar-refractivity contribution in [2.45, 2.75) is 45.6 Å². The molecule has 1 aliphatic carbocycles. The first-order valence-electron chi connectivity index (χ1n) is 7.70. The highest BCUT2D eigenvalue weighted by molar-refractivity contribution is 9.10. The van der Waals surface area contributed by atoms with Crippen LogP contribution in [-0.2, 0) is 13.0 Å². The third kappa shape index (κ3) is 4.06. The first-order valence-corrected chi connectivity index (χ1v) is 8.49. The van der Waals surface area contributed by atoms with Gasteiger partial charge in [0, 0.05) is 17.6 Å². The van der Waals surface area contributed by atoms with E-state index in [9.17, 15) is 0 Å². The minimum Gasteiger partial charge on any atom is -0.299 e. The first-order chi connectivity index (χ1) is 9.19. The van der Waals surface area contributed by atoms with E-state index < -0.39 is 0 Å². The normalized spacial score (nSPS) is 24.6. The predicted octanol–water partition coefficient (Wildman–Crippen LogP) is 4.63.